The minimum Gasteiger partial charge on any atom is -0.383 e. The van der Waals surface area contributed by atoms with Crippen LogP contribution >= 0.6 is 0 Å². The third kappa shape index (κ3) is 2.47. The first-order valence-corrected chi connectivity index (χ1v) is 5.96. The predicted octanol–water partition coefficient (Wildman–Crippen LogP) is 0.0583. The van der Waals surface area contributed by atoms with Crippen LogP contribution in [0.3, 0.4) is 0 Å². The Balaban J connectivity index is 1.92. The van der Waals surface area contributed by atoms with Gasteiger partial charge in [0, 0.05) is 26.9 Å². The molecule has 0 aliphatic carbocycles. The molecule has 0 aromatic heterocycles. The number of hydrogen-bond donors (Lipinski definition) is 1. The fraction of sp³-hybridized carbons (Fsp3) is 0.909. The Labute approximate surface area is 96.6 Å². The van der Waals surface area contributed by atoms with Crippen molar-refractivity contribution in [1.29, 1.82) is 0 Å². The van der Waals surface area contributed by atoms with Gasteiger partial charge in [-0.15, -0.1) is 0 Å². The highest BCUT2D eigenvalue weighted by atomic mass is 16.5. The van der Waals surface area contributed by atoms with E-state index in [9.17, 15) is 0 Å². The van der Waals surface area contributed by atoms with Gasteiger partial charge in [0.15, 0.2) is 5.96 Å². The minimum absolute atomic E-state index is 0.457. The molecule has 16 heavy (non-hydrogen) atoms. The van der Waals surface area contributed by atoms with Gasteiger partial charge < -0.3 is 20.1 Å². The molecule has 2 N–H and O–H groups in total. The lowest BCUT2D eigenvalue weighted by Gasteiger charge is -2.34. The Kier molecular flexibility index (Phi) is 4.01. The van der Waals surface area contributed by atoms with Crippen LogP contribution in [0, 0.1) is 5.92 Å². The molecule has 5 heteroatoms. The number of guanidine groups is 1. The highest BCUT2D eigenvalue weighted by Crippen LogP contribution is 2.25. The molecular weight excluding hydrogens is 206 g/mol. The van der Waals surface area contributed by atoms with Crippen LogP contribution in [-0.2, 0) is 9.47 Å². The standard InChI is InChI=1S/C11H21N3O2/c1-15-7-4-14-10(8-13-11(14)12)9-2-5-16-6-3-9/h9-10H,2-8H2,1H3,(H2,12,13). The molecule has 1 fully saturated rings. The third-order valence-electron chi connectivity index (χ3n) is 3.48. The summed E-state index contributed by atoms with van der Waals surface area (Å²) >= 11 is 0. The summed E-state index contributed by atoms with van der Waals surface area (Å²) in [7, 11) is 1.72. The van der Waals surface area contributed by atoms with Crippen LogP contribution in [0.1, 0.15) is 12.8 Å². The van der Waals surface area contributed by atoms with E-state index >= 15 is 0 Å². The summed E-state index contributed by atoms with van der Waals surface area (Å²) < 4.78 is 10.5. The lowest BCUT2D eigenvalue weighted by molar-refractivity contribution is 0.0409. The van der Waals surface area contributed by atoms with Gasteiger partial charge in [0.05, 0.1) is 19.2 Å². The van der Waals surface area contributed by atoms with Crippen LogP contribution in [0.2, 0.25) is 0 Å². The molecule has 1 unspecified atom stereocenters. The zero-order chi connectivity index (χ0) is 11.4. The van der Waals surface area contributed by atoms with E-state index in [0.717, 1.165) is 39.1 Å². The van der Waals surface area contributed by atoms with Crippen LogP contribution in [0.15, 0.2) is 4.99 Å². The fourth-order valence-corrected chi connectivity index (χ4v) is 2.52. The van der Waals surface area contributed by atoms with Gasteiger partial charge in [0.1, 0.15) is 0 Å². The molecule has 0 saturated carbocycles. The van der Waals surface area contributed by atoms with Gasteiger partial charge in [-0.05, 0) is 18.8 Å². The second kappa shape index (κ2) is 5.50. The second-order valence-corrected chi connectivity index (χ2v) is 4.40. The average molecular weight is 227 g/mol. The first-order chi connectivity index (χ1) is 7.83. The molecule has 2 heterocycles. The molecule has 0 bridgehead atoms. The van der Waals surface area contributed by atoms with Crippen molar-refractivity contribution in [3.8, 4) is 0 Å². The molecule has 0 aromatic rings. The van der Waals surface area contributed by atoms with Crippen LogP contribution in [0.25, 0.3) is 0 Å². The van der Waals surface area contributed by atoms with Gasteiger partial charge in [-0.1, -0.05) is 0 Å². The molecule has 0 radical (unpaired) electrons. The summed E-state index contributed by atoms with van der Waals surface area (Å²) in [6.45, 7) is 4.13. The Morgan fingerprint density at radius 3 is 2.94 bits per heavy atom. The zero-order valence-electron chi connectivity index (χ0n) is 9.89. The van der Waals surface area contributed by atoms with Gasteiger partial charge in [0.2, 0.25) is 0 Å². The summed E-state index contributed by atoms with van der Waals surface area (Å²) in [5, 5.41) is 0. The fourth-order valence-electron chi connectivity index (χ4n) is 2.52. The highest BCUT2D eigenvalue weighted by Gasteiger charge is 2.33. The smallest absolute Gasteiger partial charge is 0.191 e. The quantitative estimate of drug-likeness (QED) is 0.737. The summed E-state index contributed by atoms with van der Waals surface area (Å²) in [6.07, 6.45) is 2.24. The molecule has 0 aromatic carbocycles. The molecule has 1 saturated heterocycles. The number of aliphatic imine (C=N–C) groups is 1. The van der Waals surface area contributed by atoms with Crippen molar-refractivity contribution in [3.63, 3.8) is 0 Å². The van der Waals surface area contributed by atoms with Gasteiger partial charge in [-0.25, -0.2) is 0 Å². The maximum Gasteiger partial charge on any atom is 0.191 e. The SMILES string of the molecule is COCCN1C(N)=NCC1C1CCOCC1. The first-order valence-electron chi connectivity index (χ1n) is 5.96. The normalized spacial score (nSPS) is 27.2. The van der Waals surface area contributed by atoms with E-state index in [4.69, 9.17) is 15.2 Å². The molecule has 5 nitrogen and oxygen atoms in total. The molecule has 2 rings (SSSR count). The number of ether oxygens (including phenoxy) is 2. The lowest BCUT2D eigenvalue weighted by Crippen LogP contribution is -2.47. The zero-order valence-corrected chi connectivity index (χ0v) is 9.89. The largest absolute Gasteiger partial charge is 0.383 e. The van der Waals surface area contributed by atoms with E-state index in [1.54, 1.807) is 7.11 Å². The highest BCUT2D eigenvalue weighted by molar-refractivity contribution is 5.80. The lowest BCUT2D eigenvalue weighted by atomic mass is 9.91. The van der Waals surface area contributed by atoms with E-state index in [1.165, 1.54) is 0 Å². The van der Waals surface area contributed by atoms with Crippen LogP contribution in [-0.4, -0.2) is 56.9 Å². The van der Waals surface area contributed by atoms with Crippen molar-refractivity contribution in [2.75, 3.05) is 40.0 Å². The first kappa shape index (κ1) is 11.7. The molecule has 2 aliphatic heterocycles. The summed E-state index contributed by atoms with van der Waals surface area (Å²) in [5.41, 5.74) is 5.91. The third-order valence-corrected chi connectivity index (χ3v) is 3.48. The summed E-state index contributed by atoms with van der Waals surface area (Å²) in [6, 6.07) is 0.457. The monoisotopic (exact) mass is 227 g/mol. The molecule has 92 valence electrons. The van der Waals surface area contributed by atoms with Crippen LogP contribution < -0.4 is 5.73 Å². The molecule has 1 atom stereocenters. The van der Waals surface area contributed by atoms with Gasteiger partial charge >= 0.3 is 0 Å². The summed E-state index contributed by atoms with van der Waals surface area (Å²) in [4.78, 5) is 6.55. The van der Waals surface area contributed by atoms with E-state index in [-0.39, 0.29) is 0 Å². The molecule has 0 spiro atoms. The van der Waals surface area contributed by atoms with E-state index in [1.807, 2.05) is 0 Å². The maximum atomic E-state index is 5.91. The van der Waals surface area contributed by atoms with Crippen LogP contribution in [0.4, 0.5) is 0 Å². The van der Waals surface area contributed by atoms with Crippen molar-refractivity contribution in [2.24, 2.45) is 16.6 Å². The minimum atomic E-state index is 0.457. The van der Waals surface area contributed by atoms with Crippen molar-refractivity contribution < 1.29 is 9.47 Å². The second-order valence-electron chi connectivity index (χ2n) is 4.40. The van der Waals surface area contributed by atoms with Crippen molar-refractivity contribution in [2.45, 2.75) is 18.9 Å². The Morgan fingerprint density at radius 1 is 1.50 bits per heavy atom. The molecule has 0 amide bonds. The average Bonchev–Trinajstić information content (AvgIpc) is 2.69. The van der Waals surface area contributed by atoms with E-state index in [2.05, 4.69) is 9.89 Å². The van der Waals surface area contributed by atoms with Crippen molar-refractivity contribution in [3.05, 3.63) is 0 Å². The van der Waals surface area contributed by atoms with Crippen molar-refractivity contribution in [1.82, 2.24) is 4.90 Å². The summed E-state index contributed by atoms with van der Waals surface area (Å²) in [5.74, 6) is 1.34. The van der Waals surface area contributed by atoms with Crippen molar-refractivity contribution >= 4 is 5.96 Å². The number of nitrogens with zero attached hydrogens (tertiary/aromatic N) is 2. The number of nitrogens with two attached hydrogens (primary N) is 1. The topological polar surface area (TPSA) is 60.1 Å². The molecular formula is C11H21N3O2. The van der Waals surface area contributed by atoms with Crippen LogP contribution in [0.5, 0.6) is 0 Å². The van der Waals surface area contributed by atoms with E-state index < -0.39 is 0 Å². The maximum absolute atomic E-state index is 5.91. The Bertz CT molecular complexity index is 252. The number of rotatable bonds is 4. The number of methoxy groups -OCH3 is 1. The Hall–Kier alpha value is -0.810. The molecule has 2 aliphatic rings. The number of hydrogen-bond acceptors (Lipinski definition) is 5. The van der Waals surface area contributed by atoms with Gasteiger partial charge in [-0.3, -0.25) is 4.99 Å². The van der Waals surface area contributed by atoms with E-state index in [0.29, 0.717) is 24.5 Å². The van der Waals surface area contributed by atoms with Gasteiger partial charge in [-0.2, -0.15) is 0 Å². The van der Waals surface area contributed by atoms with Gasteiger partial charge in [0.25, 0.3) is 0 Å². The predicted molar refractivity (Wildman–Crippen MR) is 62.4 cm³/mol. The Morgan fingerprint density at radius 2 is 2.25 bits per heavy atom.